The van der Waals surface area contributed by atoms with Crippen LogP contribution in [0.5, 0.6) is 0 Å². The van der Waals surface area contributed by atoms with E-state index in [0.29, 0.717) is 4.70 Å². The van der Waals surface area contributed by atoms with Gasteiger partial charge in [0, 0.05) is 12.3 Å². The monoisotopic (exact) mass is 737 g/mol. The molecule has 2 bridgehead atoms. The van der Waals surface area contributed by atoms with Crippen LogP contribution < -0.4 is 21.9 Å². The number of hydrogen-bond donors (Lipinski definition) is 6. The number of aromatic nitrogens is 7. The van der Waals surface area contributed by atoms with E-state index in [1.807, 2.05) is 0 Å². The molecule has 25 heteroatoms. The van der Waals surface area contributed by atoms with Gasteiger partial charge in [-0.3, -0.25) is 37.3 Å². The minimum Gasteiger partial charge on any atom is -0.387 e. The molecule has 9 atom stereocenters. The maximum absolute atomic E-state index is 13.6. The number of H-pyrrole nitrogens is 1. The van der Waals surface area contributed by atoms with Crippen LogP contribution in [-0.4, -0.2) is 83.4 Å². The van der Waals surface area contributed by atoms with Crippen molar-refractivity contribution < 1.29 is 41.8 Å². The van der Waals surface area contributed by atoms with Crippen molar-refractivity contribution in [1.29, 1.82) is 0 Å². The van der Waals surface area contributed by atoms with Crippen LogP contribution >= 0.6 is 49.4 Å². The molecule has 0 amide bonds. The number of rotatable bonds is 2. The number of aromatic amines is 1. The second-order valence-electron chi connectivity index (χ2n) is 10.5. The van der Waals surface area contributed by atoms with Crippen molar-refractivity contribution in [1.82, 2.24) is 34.1 Å². The number of nitrogens with two attached hydrogens (primary N) is 2. The van der Waals surface area contributed by atoms with Gasteiger partial charge in [-0.25, -0.2) is 24.1 Å². The molecule has 248 valence electrons. The van der Waals surface area contributed by atoms with Gasteiger partial charge in [0.2, 0.25) is 5.95 Å². The van der Waals surface area contributed by atoms with E-state index in [1.54, 1.807) is 0 Å². The Labute approximate surface area is 271 Å². The Hall–Kier alpha value is -2.40. The molecule has 0 saturated carbocycles. The topological polar surface area (TPSA) is 273 Å². The fourth-order valence-electron chi connectivity index (χ4n) is 5.49. The van der Waals surface area contributed by atoms with Crippen molar-refractivity contribution in [2.45, 2.75) is 43.3 Å². The van der Waals surface area contributed by atoms with Crippen LogP contribution in [0.3, 0.4) is 0 Å². The first kappa shape index (κ1) is 32.2. The summed E-state index contributed by atoms with van der Waals surface area (Å²) in [6.45, 7) is -9.51. The number of imidazole rings is 1. The normalized spacial score (nSPS) is 35.8. The average Bonchev–Trinajstić information content (AvgIpc) is 3.74. The predicted molar refractivity (Wildman–Crippen MR) is 166 cm³/mol. The van der Waals surface area contributed by atoms with Gasteiger partial charge in [-0.2, -0.15) is 4.98 Å². The third kappa shape index (κ3) is 5.92. The van der Waals surface area contributed by atoms with E-state index in [-0.39, 0.29) is 41.6 Å². The van der Waals surface area contributed by atoms with Gasteiger partial charge in [0.25, 0.3) is 5.56 Å². The summed E-state index contributed by atoms with van der Waals surface area (Å²) in [5, 5.41) is 11.2. The van der Waals surface area contributed by atoms with Crippen molar-refractivity contribution in [3.8, 4) is 0 Å². The summed E-state index contributed by atoms with van der Waals surface area (Å²) >= 11 is 9.05. The highest BCUT2D eigenvalue weighted by molar-refractivity contribution is 8.44. The number of thiazole rings is 1. The first-order chi connectivity index (χ1) is 21.8. The lowest BCUT2D eigenvalue weighted by atomic mass is 10.0. The smallest absolute Gasteiger partial charge is 0.386 e. The largest absolute Gasteiger partial charge is 0.387 e. The Morgan fingerprint density at radius 2 is 1.74 bits per heavy atom. The number of nitrogens with zero attached hydrogens (tertiary/aromatic N) is 6. The lowest BCUT2D eigenvalue weighted by Gasteiger charge is -2.26. The Bertz CT molecular complexity index is 2040. The number of aliphatic hydroxyl groups is 1. The van der Waals surface area contributed by atoms with Gasteiger partial charge in [0.05, 0.1) is 32.3 Å². The Morgan fingerprint density at radius 3 is 2.54 bits per heavy atom. The van der Waals surface area contributed by atoms with Crippen LogP contribution in [0.25, 0.3) is 21.5 Å². The minimum absolute atomic E-state index is 0.0267. The molecule has 3 saturated heterocycles. The van der Waals surface area contributed by atoms with E-state index < -0.39 is 80.0 Å². The second-order valence-corrected chi connectivity index (χ2v) is 17.3. The standard InChI is InChI=1S/C21H25N9O11P2S3/c22-15-14-17(25-5-24-15)30(21(33)46-14)10-1-7-2-36-42(34,44)37-4-9-12(31)13(41-43(35,45)38-3-8(7)39-10)19(40-9)29-6-26-11-16(29)27-20(23)28-18(11)32/h5-10,12-13,19,31H,1-4H2,(H,34,44)(H,35,45)(H2,22,24,25)(H3,23,27,28,32)/t7?,8-,9-,10-,12?,13+,19-,42+,43+/m1/s1. The zero-order valence-corrected chi connectivity index (χ0v) is 27.5. The highest BCUT2D eigenvalue weighted by Gasteiger charge is 2.50. The first-order valence-corrected chi connectivity index (χ1v) is 19.6. The van der Waals surface area contributed by atoms with Gasteiger partial charge in [0.1, 0.15) is 41.4 Å². The molecule has 4 aromatic rings. The van der Waals surface area contributed by atoms with Crippen LogP contribution in [0.15, 0.2) is 22.2 Å². The second kappa shape index (κ2) is 11.9. The summed E-state index contributed by atoms with van der Waals surface area (Å²) in [6, 6.07) is 0. The van der Waals surface area contributed by atoms with Crippen LogP contribution in [-0.2, 0) is 36.7 Å². The molecule has 0 spiro atoms. The van der Waals surface area contributed by atoms with Gasteiger partial charge in [-0.15, -0.1) is 0 Å². The molecule has 3 aliphatic heterocycles. The van der Waals surface area contributed by atoms with Crippen molar-refractivity contribution >= 4 is 82.7 Å². The summed E-state index contributed by atoms with van der Waals surface area (Å²) in [5.41, 5.74) is 11.1. The fraction of sp³-hybridized carbons (Fsp3) is 0.524. The molecule has 2 unspecified atom stereocenters. The highest BCUT2D eigenvalue weighted by Crippen LogP contribution is 2.59. The van der Waals surface area contributed by atoms with Gasteiger partial charge in [-0.1, -0.05) is 35.8 Å². The average molecular weight is 738 g/mol. The molecule has 0 aliphatic carbocycles. The van der Waals surface area contributed by atoms with Crippen molar-refractivity contribution in [3.63, 3.8) is 0 Å². The quantitative estimate of drug-likeness (QED) is 0.123. The third-order valence-electron chi connectivity index (χ3n) is 7.63. The summed E-state index contributed by atoms with van der Waals surface area (Å²) in [7, 11) is 0. The van der Waals surface area contributed by atoms with E-state index in [2.05, 4.69) is 49.4 Å². The van der Waals surface area contributed by atoms with E-state index in [1.165, 1.54) is 21.8 Å². The Kier molecular flexibility index (Phi) is 8.34. The Balaban J connectivity index is 1.19. The SMILES string of the molecule is Nc1nc2c(ncn2[C@@H]2O[C@@H]3CO[P@@](=O)(S)OCC4C[C@H](n5c(=O)sc6c(N)ncnc65)O[C@@H]4CO[P@](=O)(S)O[C@H]2C3O)c(=O)[nH]1. The van der Waals surface area contributed by atoms with E-state index in [9.17, 15) is 23.8 Å². The maximum atomic E-state index is 13.6. The van der Waals surface area contributed by atoms with Crippen molar-refractivity contribution in [2.24, 2.45) is 5.92 Å². The number of fused-ring (bicyclic) bond motifs is 5. The van der Waals surface area contributed by atoms with Crippen molar-refractivity contribution in [2.75, 3.05) is 31.3 Å². The van der Waals surface area contributed by atoms with Crippen LogP contribution in [0.1, 0.15) is 18.9 Å². The molecule has 7 heterocycles. The molecular weight excluding hydrogens is 712 g/mol. The molecule has 0 radical (unpaired) electrons. The molecule has 20 nitrogen and oxygen atoms in total. The number of thiol groups is 2. The molecule has 0 aromatic carbocycles. The van der Waals surface area contributed by atoms with Gasteiger partial charge in [0.15, 0.2) is 23.0 Å². The number of nitrogen functional groups attached to an aromatic ring is 2. The van der Waals surface area contributed by atoms with Gasteiger partial charge >= 0.3 is 18.5 Å². The van der Waals surface area contributed by atoms with E-state index in [4.69, 9.17) is 39.0 Å². The zero-order valence-electron chi connectivity index (χ0n) is 23.1. The number of ether oxygens (including phenoxy) is 2. The number of nitrogens with one attached hydrogen (secondary N) is 1. The summed E-state index contributed by atoms with van der Waals surface area (Å²) in [6.07, 6.45) is -4.78. The third-order valence-corrected chi connectivity index (χ3v) is 11.9. The number of aliphatic hydroxyl groups excluding tert-OH is 1. The molecular formula is C21H25N9O11P2S3. The Morgan fingerprint density at radius 1 is 1.00 bits per heavy atom. The van der Waals surface area contributed by atoms with Crippen LogP contribution in [0, 0.1) is 5.92 Å². The predicted octanol–water partition coefficient (Wildman–Crippen LogP) is 0.837. The van der Waals surface area contributed by atoms with Crippen molar-refractivity contribution in [3.05, 3.63) is 32.7 Å². The fourth-order valence-corrected chi connectivity index (χ4v) is 9.02. The molecule has 3 aliphatic rings. The van der Waals surface area contributed by atoms with E-state index >= 15 is 0 Å². The van der Waals surface area contributed by atoms with Gasteiger partial charge < -0.3 is 30.6 Å². The maximum Gasteiger partial charge on any atom is 0.386 e. The number of anilines is 2. The minimum atomic E-state index is -4.30. The lowest BCUT2D eigenvalue weighted by molar-refractivity contribution is -0.0468. The van der Waals surface area contributed by atoms with Crippen LogP contribution in [0.4, 0.5) is 11.8 Å². The molecule has 46 heavy (non-hydrogen) atoms. The molecule has 6 N–H and O–H groups in total. The summed E-state index contributed by atoms with van der Waals surface area (Å²) < 4.78 is 64.2. The lowest BCUT2D eigenvalue weighted by Crippen LogP contribution is -2.35. The van der Waals surface area contributed by atoms with Gasteiger partial charge in [-0.05, 0) is 0 Å². The number of hydrogen-bond acceptors (Lipinski definition) is 18. The molecule has 3 fully saturated rings. The molecule has 7 rings (SSSR count). The molecule has 4 aromatic heterocycles. The first-order valence-electron chi connectivity index (χ1n) is 13.4. The highest BCUT2D eigenvalue weighted by atomic mass is 32.7. The zero-order chi connectivity index (χ0) is 32.5. The van der Waals surface area contributed by atoms with E-state index in [0.717, 1.165) is 11.3 Å². The summed E-state index contributed by atoms with van der Waals surface area (Å²) in [4.78, 5) is 43.4. The van der Waals surface area contributed by atoms with Crippen LogP contribution in [0.2, 0.25) is 0 Å². The summed E-state index contributed by atoms with van der Waals surface area (Å²) in [5.74, 6) is -0.670.